The summed E-state index contributed by atoms with van der Waals surface area (Å²) >= 11 is 3.27. The summed E-state index contributed by atoms with van der Waals surface area (Å²) in [6, 6.07) is 3.07. The molecule has 0 aliphatic carbocycles. The fourth-order valence-electron chi connectivity index (χ4n) is 1.61. The molecule has 0 spiro atoms. The van der Waals surface area contributed by atoms with Crippen molar-refractivity contribution < 1.29 is 4.79 Å². The molecule has 1 aromatic heterocycles. The van der Waals surface area contributed by atoms with Crippen LogP contribution < -0.4 is 16.6 Å². The Morgan fingerprint density at radius 1 is 1.42 bits per heavy atom. The Hall–Kier alpha value is -1.14. The van der Waals surface area contributed by atoms with Crippen LogP contribution in [0.3, 0.4) is 0 Å². The largest absolute Gasteiger partial charge is 0.353 e. The number of nitrogens with one attached hydrogen (secondary N) is 1. The predicted octanol–water partition coefficient (Wildman–Crippen LogP) is 1.24. The minimum Gasteiger partial charge on any atom is -0.353 e. The molecule has 6 heteroatoms. The fraction of sp³-hybridized carbons (Fsp3) is 0.538. The monoisotopic (exact) mass is 329 g/mol. The number of pyridine rings is 1. The molecule has 0 aromatic carbocycles. The van der Waals surface area contributed by atoms with Gasteiger partial charge in [0.2, 0.25) is 5.91 Å². The first-order chi connectivity index (χ1) is 8.90. The topological polar surface area (TPSA) is 77.1 Å². The fourth-order valence-corrected chi connectivity index (χ4v) is 1.99. The first-order valence-corrected chi connectivity index (χ1v) is 7.11. The number of rotatable bonds is 6. The molecular weight excluding hydrogens is 310 g/mol. The maximum Gasteiger partial charge on any atom is 0.251 e. The normalized spacial score (nSPS) is 11.4. The molecule has 0 aliphatic rings. The van der Waals surface area contributed by atoms with Gasteiger partial charge in [0.15, 0.2) is 0 Å². The standard InChI is InChI=1S/C13H20BrN3O2/c1-3-13(15,4-2)9-16-11(18)8-17-7-10(14)5-6-12(17)19/h5-7H,3-4,8-9,15H2,1-2H3,(H,16,18). The molecule has 0 fully saturated rings. The molecule has 19 heavy (non-hydrogen) atoms. The average Bonchev–Trinajstić information content (AvgIpc) is 2.40. The number of hydrogen-bond acceptors (Lipinski definition) is 3. The van der Waals surface area contributed by atoms with Crippen molar-refractivity contribution in [3.05, 3.63) is 33.2 Å². The van der Waals surface area contributed by atoms with Crippen LogP contribution in [0.25, 0.3) is 0 Å². The highest BCUT2D eigenvalue weighted by molar-refractivity contribution is 9.10. The Bertz CT molecular complexity index is 495. The number of aromatic nitrogens is 1. The SMILES string of the molecule is CCC(N)(CC)CNC(=O)Cn1cc(Br)ccc1=O. The van der Waals surface area contributed by atoms with Crippen molar-refractivity contribution >= 4 is 21.8 Å². The quantitative estimate of drug-likeness (QED) is 0.824. The summed E-state index contributed by atoms with van der Waals surface area (Å²) in [7, 11) is 0. The second-order valence-electron chi connectivity index (χ2n) is 4.66. The molecule has 1 amide bonds. The van der Waals surface area contributed by atoms with Gasteiger partial charge in [-0.05, 0) is 34.8 Å². The van der Waals surface area contributed by atoms with Crippen molar-refractivity contribution in [3.8, 4) is 0 Å². The molecule has 0 atom stereocenters. The predicted molar refractivity (Wildman–Crippen MR) is 78.9 cm³/mol. The molecule has 0 aliphatic heterocycles. The number of carbonyl (C=O) groups excluding carboxylic acids is 1. The molecule has 1 heterocycles. The number of nitrogens with zero attached hydrogens (tertiary/aromatic N) is 1. The highest BCUT2D eigenvalue weighted by Crippen LogP contribution is 2.09. The molecule has 0 saturated heterocycles. The van der Waals surface area contributed by atoms with Crippen molar-refractivity contribution in [1.82, 2.24) is 9.88 Å². The summed E-state index contributed by atoms with van der Waals surface area (Å²) < 4.78 is 2.12. The Morgan fingerprint density at radius 2 is 2.05 bits per heavy atom. The lowest BCUT2D eigenvalue weighted by Gasteiger charge is -2.26. The van der Waals surface area contributed by atoms with Gasteiger partial charge in [-0.3, -0.25) is 9.59 Å². The van der Waals surface area contributed by atoms with Crippen LogP contribution in [0.15, 0.2) is 27.6 Å². The van der Waals surface area contributed by atoms with E-state index < -0.39 is 0 Å². The molecule has 0 saturated carbocycles. The van der Waals surface area contributed by atoms with E-state index in [0.717, 1.165) is 17.3 Å². The van der Waals surface area contributed by atoms with Crippen LogP contribution in [0.1, 0.15) is 26.7 Å². The first kappa shape index (κ1) is 15.9. The number of hydrogen-bond donors (Lipinski definition) is 2. The van der Waals surface area contributed by atoms with E-state index in [0.29, 0.717) is 6.54 Å². The molecule has 5 nitrogen and oxygen atoms in total. The van der Waals surface area contributed by atoms with Crippen LogP contribution in [0.2, 0.25) is 0 Å². The van der Waals surface area contributed by atoms with Gasteiger partial charge in [-0.15, -0.1) is 0 Å². The van der Waals surface area contributed by atoms with Gasteiger partial charge in [0.1, 0.15) is 6.54 Å². The van der Waals surface area contributed by atoms with E-state index in [1.54, 1.807) is 12.3 Å². The maximum absolute atomic E-state index is 11.8. The van der Waals surface area contributed by atoms with Gasteiger partial charge in [-0.25, -0.2) is 0 Å². The zero-order valence-electron chi connectivity index (χ0n) is 11.3. The number of amides is 1. The van der Waals surface area contributed by atoms with Crippen LogP contribution >= 0.6 is 15.9 Å². The van der Waals surface area contributed by atoms with E-state index in [2.05, 4.69) is 21.2 Å². The minimum atomic E-state index is -0.377. The summed E-state index contributed by atoms with van der Waals surface area (Å²) in [5.74, 6) is -0.211. The highest BCUT2D eigenvalue weighted by atomic mass is 79.9. The van der Waals surface area contributed by atoms with Crippen LogP contribution in [0.5, 0.6) is 0 Å². The van der Waals surface area contributed by atoms with Gasteiger partial charge in [0.25, 0.3) is 5.56 Å². The zero-order valence-corrected chi connectivity index (χ0v) is 12.9. The number of nitrogens with two attached hydrogens (primary N) is 1. The van der Waals surface area contributed by atoms with Crippen LogP contribution in [0.4, 0.5) is 0 Å². The second-order valence-corrected chi connectivity index (χ2v) is 5.58. The second kappa shape index (κ2) is 6.86. The molecular formula is C13H20BrN3O2. The van der Waals surface area contributed by atoms with Crippen molar-refractivity contribution in [2.24, 2.45) is 5.73 Å². The third-order valence-corrected chi connectivity index (χ3v) is 3.78. The molecule has 0 radical (unpaired) electrons. The van der Waals surface area contributed by atoms with Gasteiger partial charge in [0, 0.05) is 28.8 Å². The van der Waals surface area contributed by atoms with Gasteiger partial charge >= 0.3 is 0 Å². The Morgan fingerprint density at radius 3 is 2.63 bits per heavy atom. The Labute approximate surface area is 121 Å². The lowest BCUT2D eigenvalue weighted by Crippen LogP contribution is -2.50. The van der Waals surface area contributed by atoms with Crippen LogP contribution in [0, 0.1) is 0 Å². The van der Waals surface area contributed by atoms with Crippen molar-refractivity contribution in [1.29, 1.82) is 0 Å². The van der Waals surface area contributed by atoms with E-state index in [9.17, 15) is 9.59 Å². The minimum absolute atomic E-state index is 0.00177. The van der Waals surface area contributed by atoms with Gasteiger partial charge in [-0.2, -0.15) is 0 Å². The Balaban J connectivity index is 2.61. The third kappa shape index (κ3) is 4.80. The number of halogens is 1. The summed E-state index contributed by atoms with van der Waals surface area (Å²) in [5.41, 5.74) is 5.52. The summed E-state index contributed by atoms with van der Waals surface area (Å²) in [6.45, 7) is 4.41. The van der Waals surface area contributed by atoms with Gasteiger partial charge < -0.3 is 15.6 Å². The zero-order chi connectivity index (χ0) is 14.5. The van der Waals surface area contributed by atoms with E-state index in [1.165, 1.54) is 10.6 Å². The first-order valence-electron chi connectivity index (χ1n) is 6.32. The van der Waals surface area contributed by atoms with Crippen molar-refractivity contribution in [2.45, 2.75) is 38.8 Å². The van der Waals surface area contributed by atoms with Crippen molar-refractivity contribution in [3.63, 3.8) is 0 Å². The lowest BCUT2D eigenvalue weighted by molar-refractivity contribution is -0.122. The summed E-state index contributed by atoms with van der Waals surface area (Å²) in [4.78, 5) is 23.4. The van der Waals surface area contributed by atoms with E-state index in [1.807, 2.05) is 13.8 Å². The average molecular weight is 330 g/mol. The molecule has 3 N–H and O–H groups in total. The molecule has 1 aromatic rings. The molecule has 1 rings (SSSR count). The van der Waals surface area contributed by atoms with E-state index in [-0.39, 0.29) is 23.6 Å². The van der Waals surface area contributed by atoms with Crippen LogP contribution in [-0.2, 0) is 11.3 Å². The summed E-state index contributed by atoms with van der Waals surface area (Å²) in [5, 5.41) is 2.78. The number of carbonyl (C=O) groups is 1. The molecule has 106 valence electrons. The van der Waals surface area contributed by atoms with E-state index in [4.69, 9.17) is 5.73 Å². The van der Waals surface area contributed by atoms with Gasteiger partial charge in [0.05, 0.1) is 0 Å². The van der Waals surface area contributed by atoms with E-state index >= 15 is 0 Å². The molecule has 0 bridgehead atoms. The third-order valence-electron chi connectivity index (χ3n) is 3.31. The lowest BCUT2D eigenvalue weighted by atomic mass is 9.94. The smallest absolute Gasteiger partial charge is 0.251 e. The van der Waals surface area contributed by atoms with Crippen LogP contribution in [-0.4, -0.2) is 22.6 Å². The van der Waals surface area contributed by atoms with Gasteiger partial charge in [-0.1, -0.05) is 13.8 Å². The molecule has 0 unspecified atom stereocenters. The Kier molecular flexibility index (Phi) is 5.75. The highest BCUT2D eigenvalue weighted by Gasteiger charge is 2.20. The summed E-state index contributed by atoms with van der Waals surface area (Å²) in [6.07, 6.45) is 3.18. The van der Waals surface area contributed by atoms with Crippen molar-refractivity contribution in [2.75, 3.05) is 6.54 Å². The maximum atomic E-state index is 11.8.